The van der Waals surface area contributed by atoms with Gasteiger partial charge in [-0.1, -0.05) is 24.3 Å². The van der Waals surface area contributed by atoms with Crippen LogP contribution in [0, 0.1) is 10.1 Å². The number of rotatable bonds is 9. The number of carbonyl (C=O) groups excluding carboxylic acids is 2. The monoisotopic (exact) mass is 477 g/mol. The van der Waals surface area contributed by atoms with Gasteiger partial charge in [-0.2, -0.15) is 0 Å². The van der Waals surface area contributed by atoms with Gasteiger partial charge in [-0.3, -0.25) is 24.6 Å². The Balaban J connectivity index is 1.15. The molecule has 1 saturated heterocycles. The largest absolute Gasteiger partial charge is 0.362 e. The van der Waals surface area contributed by atoms with Gasteiger partial charge < -0.3 is 15.1 Å². The number of nitro benzene ring substituents is 1. The number of piperazine rings is 1. The van der Waals surface area contributed by atoms with E-state index in [1.807, 2.05) is 34.1 Å². The fraction of sp³-hybridized carbons (Fsp3) is 0.462. The maximum atomic E-state index is 13.1. The third-order valence-corrected chi connectivity index (χ3v) is 6.97. The lowest BCUT2D eigenvalue weighted by Gasteiger charge is -2.36. The normalized spacial score (nSPS) is 18.0. The van der Waals surface area contributed by atoms with Crippen LogP contribution in [0.25, 0.3) is 0 Å². The first-order chi connectivity index (χ1) is 17.0. The van der Waals surface area contributed by atoms with Gasteiger partial charge in [0.05, 0.1) is 11.5 Å². The van der Waals surface area contributed by atoms with E-state index in [2.05, 4.69) is 10.2 Å². The van der Waals surface area contributed by atoms with Crippen LogP contribution in [0.1, 0.15) is 41.6 Å². The molecule has 5 rings (SSSR count). The zero-order chi connectivity index (χ0) is 24.4. The van der Waals surface area contributed by atoms with Crippen molar-refractivity contribution in [2.75, 3.05) is 37.6 Å². The fourth-order valence-corrected chi connectivity index (χ4v) is 4.60. The zero-order valence-corrected chi connectivity index (χ0v) is 19.8. The van der Waals surface area contributed by atoms with Crippen LogP contribution in [0.15, 0.2) is 48.5 Å². The van der Waals surface area contributed by atoms with Crippen molar-refractivity contribution in [2.45, 2.75) is 44.3 Å². The van der Waals surface area contributed by atoms with Crippen molar-refractivity contribution in [1.82, 2.24) is 15.1 Å². The van der Waals surface area contributed by atoms with Gasteiger partial charge in [-0.05, 0) is 49.4 Å². The number of benzene rings is 2. The third kappa shape index (κ3) is 5.79. The summed E-state index contributed by atoms with van der Waals surface area (Å²) >= 11 is 0. The molecule has 2 aliphatic carbocycles. The molecule has 0 aromatic heterocycles. The number of para-hydroxylation sites is 2. The van der Waals surface area contributed by atoms with Crippen molar-refractivity contribution >= 4 is 23.2 Å². The first-order valence-electron chi connectivity index (χ1n) is 12.4. The van der Waals surface area contributed by atoms with Gasteiger partial charge in [0, 0.05) is 56.4 Å². The lowest BCUT2D eigenvalue weighted by molar-refractivity contribution is -0.384. The molecule has 1 heterocycles. The van der Waals surface area contributed by atoms with E-state index in [-0.39, 0.29) is 22.4 Å². The van der Waals surface area contributed by atoms with Crippen LogP contribution in [0.3, 0.4) is 0 Å². The maximum Gasteiger partial charge on any atom is 0.292 e. The summed E-state index contributed by atoms with van der Waals surface area (Å²) in [4.78, 5) is 42.4. The fourth-order valence-electron chi connectivity index (χ4n) is 4.60. The van der Waals surface area contributed by atoms with E-state index in [1.165, 1.54) is 6.07 Å². The molecule has 3 fully saturated rings. The van der Waals surface area contributed by atoms with Crippen LogP contribution in [0.4, 0.5) is 11.4 Å². The number of anilines is 1. The van der Waals surface area contributed by atoms with E-state index < -0.39 is 0 Å². The Labute approximate surface area is 204 Å². The summed E-state index contributed by atoms with van der Waals surface area (Å²) in [6.07, 6.45) is 4.33. The number of hydrogen-bond acceptors (Lipinski definition) is 6. The van der Waals surface area contributed by atoms with Gasteiger partial charge >= 0.3 is 0 Å². The molecule has 2 amide bonds. The van der Waals surface area contributed by atoms with Crippen LogP contribution >= 0.6 is 0 Å². The first kappa shape index (κ1) is 23.3. The lowest BCUT2D eigenvalue weighted by atomic mass is 10.1. The van der Waals surface area contributed by atoms with E-state index in [0.717, 1.165) is 31.2 Å². The summed E-state index contributed by atoms with van der Waals surface area (Å²) in [6, 6.07) is 15.2. The SMILES string of the molecule is O=C(NC1CC1)c1ccc(CN(CC(=O)N2CCN(c3ccccc3[N+](=O)[O-])CC2)C2CC2)cc1. The average Bonchev–Trinajstić information content (AvgIpc) is 3.79. The molecule has 184 valence electrons. The predicted octanol–water partition coefficient (Wildman–Crippen LogP) is 2.80. The Morgan fingerprint density at radius 2 is 1.66 bits per heavy atom. The molecule has 0 spiro atoms. The summed E-state index contributed by atoms with van der Waals surface area (Å²) in [6.45, 7) is 3.29. The molecule has 9 heteroatoms. The Morgan fingerprint density at radius 1 is 0.971 bits per heavy atom. The minimum atomic E-state index is -0.355. The molecule has 1 N–H and O–H groups in total. The second-order valence-electron chi connectivity index (χ2n) is 9.69. The van der Waals surface area contributed by atoms with Gasteiger partial charge in [-0.25, -0.2) is 0 Å². The van der Waals surface area contributed by atoms with Crippen molar-refractivity contribution in [3.8, 4) is 0 Å². The number of hydrogen-bond donors (Lipinski definition) is 1. The molecule has 0 unspecified atom stereocenters. The summed E-state index contributed by atoms with van der Waals surface area (Å²) in [5, 5.41) is 14.4. The first-order valence-corrected chi connectivity index (χ1v) is 12.4. The van der Waals surface area contributed by atoms with Gasteiger partial charge in [0.15, 0.2) is 0 Å². The van der Waals surface area contributed by atoms with E-state index in [9.17, 15) is 19.7 Å². The van der Waals surface area contributed by atoms with Crippen molar-refractivity contribution in [3.05, 3.63) is 69.8 Å². The van der Waals surface area contributed by atoms with Crippen molar-refractivity contribution in [2.24, 2.45) is 0 Å². The number of carbonyl (C=O) groups is 2. The Kier molecular flexibility index (Phi) is 6.68. The molecule has 1 aliphatic heterocycles. The minimum Gasteiger partial charge on any atom is -0.362 e. The average molecular weight is 478 g/mol. The van der Waals surface area contributed by atoms with Crippen molar-refractivity contribution < 1.29 is 14.5 Å². The molecule has 2 aromatic carbocycles. The third-order valence-electron chi connectivity index (χ3n) is 6.97. The number of nitrogens with zero attached hydrogens (tertiary/aromatic N) is 4. The highest BCUT2D eigenvalue weighted by atomic mass is 16.6. The van der Waals surface area contributed by atoms with Crippen LogP contribution in [-0.2, 0) is 11.3 Å². The van der Waals surface area contributed by atoms with Crippen molar-refractivity contribution in [1.29, 1.82) is 0 Å². The van der Waals surface area contributed by atoms with Gasteiger partial charge in [-0.15, -0.1) is 0 Å². The second kappa shape index (κ2) is 10.0. The highest BCUT2D eigenvalue weighted by molar-refractivity contribution is 5.94. The van der Waals surface area contributed by atoms with Crippen LogP contribution in [-0.4, -0.2) is 71.3 Å². The molecule has 2 saturated carbocycles. The molecular weight excluding hydrogens is 446 g/mol. The maximum absolute atomic E-state index is 13.1. The highest BCUT2D eigenvalue weighted by Gasteiger charge is 2.33. The Hall–Kier alpha value is -3.46. The summed E-state index contributed by atoms with van der Waals surface area (Å²) in [7, 11) is 0. The summed E-state index contributed by atoms with van der Waals surface area (Å²) < 4.78 is 0. The number of amides is 2. The Morgan fingerprint density at radius 3 is 2.29 bits per heavy atom. The smallest absolute Gasteiger partial charge is 0.292 e. The van der Waals surface area contributed by atoms with Crippen LogP contribution in [0.2, 0.25) is 0 Å². The van der Waals surface area contributed by atoms with E-state index in [0.29, 0.717) is 62.6 Å². The summed E-state index contributed by atoms with van der Waals surface area (Å²) in [5.41, 5.74) is 2.47. The van der Waals surface area contributed by atoms with Gasteiger partial charge in [0.1, 0.15) is 5.69 Å². The lowest BCUT2D eigenvalue weighted by Crippen LogP contribution is -2.51. The molecule has 35 heavy (non-hydrogen) atoms. The topological polar surface area (TPSA) is 99.0 Å². The standard InChI is InChI=1S/C26H31N5O4/c32-25(29-15-13-28(14-16-29)23-3-1-2-4-24(23)31(34)35)18-30(22-11-12-22)17-19-5-7-20(8-6-19)26(33)27-21-9-10-21/h1-8,21-22H,9-18H2,(H,27,33). The van der Waals surface area contributed by atoms with Gasteiger partial charge in [0.25, 0.3) is 11.6 Å². The molecule has 2 aromatic rings. The minimum absolute atomic E-state index is 0.0201. The quantitative estimate of drug-likeness (QED) is 0.441. The number of nitro groups is 1. The second-order valence-corrected chi connectivity index (χ2v) is 9.69. The van der Waals surface area contributed by atoms with Crippen LogP contribution in [0.5, 0.6) is 0 Å². The molecule has 3 aliphatic rings. The number of nitrogens with one attached hydrogen (secondary N) is 1. The van der Waals surface area contributed by atoms with Crippen molar-refractivity contribution in [3.63, 3.8) is 0 Å². The van der Waals surface area contributed by atoms with E-state index in [1.54, 1.807) is 18.2 Å². The highest BCUT2D eigenvalue weighted by Crippen LogP contribution is 2.30. The predicted molar refractivity (Wildman–Crippen MR) is 132 cm³/mol. The van der Waals surface area contributed by atoms with E-state index >= 15 is 0 Å². The van der Waals surface area contributed by atoms with Crippen LogP contribution < -0.4 is 10.2 Å². The Bertz CT molecular complexity index is 1090. The molecule has 0 radical (unpaired) electrons. The molecular formula is C26H31N5O4. The van der Waals surface area contributed by atoms with Gasteiger partial charge in [0.2, 0.25) is 5.91 Å². The summed E-state index contributed by atoms with van der Waals surface area (Å²) in [5.74, 6) is 0.0767. The van der Waals surface area contributed by atoms with E-state index in [4.69, 9.17) is 0 Å². The molecule has 0 atom stereocenters. The molecule has 0 bridgehead atoms. The molecule has 9 nitrogen and oxygen atoms in total. The zero-order valence-electron chi connectivity index (χ0n) is 19.8.